The molecule has 4 N–H and O–H groups in total. The Kier molecular flexibility index (Phi) is 10.7. The van der Waals surface area contributed by atoms with E-state index in [2.05, 4.69) is 0 Å². The summed E-state index contributed by atoms with van der Waals surface area (Å²) >= 11 is 0. The second-order valence-corrected chi connectivity index (χ2v) is 8.92. The highest BCUT2D eigenvalue weighted by molar-refractivity contribution is 5.95. The molecule has 2 aromatic rings. The summed E-state index contributed by atoms with van der Waals surface area (Å²) in [6.07, 6.45) is -6.86. The molecule has 1 fully saturated rings. The van der Waals surface area contributed by atoms with Crippen LogP contribution in [0.4, 0.5) is 4.79 Å². The van der Waals surface area contributed by atoms with Gasteiger partial charge in [-0.2, -0.15) is 4.57 Å². The first-order valence-electron chi connectivity index (χ1n) is 12.4. The zero-order chi connectivity index (χ0) is 31.0. The summed E-state index contributed by atoms with van der Waals surface area (Å²) in [5.41, 5.74) is -2.13. The van der Waals surface area contributed by atoms with Crippen molar-refractivity contribution in [1.29, 1.82) is 0 Å². The maximum absolute atomic E-state index is 13.4. The molecule has 3 rings (SSSR count). The lowest BCUT2D eigenvalue weighted by molar-refractivity contribution is -0.142. The summed E-state index contributed by atoms with van der Waals surface area (Å²) in [6.45, 7) is -3.23. The SMILES string of the molecule is O=C(O)CCCO[C@@H]1[C@H](OC(=O)N(CC(=O)O)CC(=O)O)[C@@H](CO)O[C@H]1n1ccc(=O)n(C(=O)c2ccccc2)c1=O. The number of carbonyl (C=O) groups is 5. The number of aliphatic hydroxyl groups is 1. The van der Waals surface area contributed by atoms with E-state index >= 15 is 0 Å². The van der Waals surface area contributed by atoms with Crippen molar-refractivity contribution in [3.05, 3.63) is 69.0 Å². The van der Waals surface area contributed by atoms with Crippen LogP contribution in [0.1, 0.15) is 29.4 Å². The second kappa shape index (κ2) is 14.2. The summed E-state index contributed by atoms with van der Waals surface area (Å²) in [4.78, 5) is 85.4. The molecule has 1 aromatic heterocycles. The van der Waals surface area contributed by atoms with E-state index in [1.54, 1.807) is 6.07 Å². The van der Waals surface area contributed by atoms with Gasteiger partial charge in [0.2, 0.25) is 0 Å². The van der Waals surface area contributed by atoms with Gasteiger partial charge in [-0.1, -0.05) is 18.2 Å². The van der Waals surface area contributed by atoms with Crippen LogP contribution in [0.3, 0.4) is 0 Å². The van der Waals surface area contributed by atoms with Gasteiger partial charge in [0.25, 0.3) is 11.5 Å². The molecule has 1 amide bonds. The van der Waals surface area contributed by atoms with E-state index in [1.165, 1.54) is 24.3 Å². The molecular formula is C25H27N3O14. The molecule has 0 spiro atoms. The van der Waals surface area contributed by atoms with Gasteiger partial charge >= 0.3 is 29.7 Å². The third-order valence-corrected chi connectivity index (χ3v) is 5.97. The number of aliphatic carboxylic acids is 3. The zero-order valence-electron chi connectivity index (χ0n) is 21.8. The third kappa shape index (κ3) is 7.65. The first-order chi connectivity index (χ1) is 19.9. The Morgan fingerprint density at radius 2 is 1.55 bits per heavy atom. The Balaban J connectivity index is 2.01. The summed E-state index contributed by atoms with van der Waals surface area (Å²) in [5, 5.41) is 37.0. The molecule has 2 heterocycles. The zero-order valence-corrected chi connectivity index (χ0v) is 21.8. The van der Waals surface area contributed by atoms with E-state index in [0.29, 0.717) is 9.47 Å². The van der Waals surface area contributed by atoms with Gasteiger partial charge in [0, 0.05) is 30.9 Å². The number of rotatable bonds is 13. The maximum Gasteiger partial charge on any atom is 0.411 e. The van der Waals surface area contributed by atoms with Crippen LogP contribution in [0.15, 0.2) is 52.2 Å². The van der Waals surface area contributed by atoms with Crippen LogP contribution < -0.4 is 11.2 Å². The van der Waals surface area contributed by atoms with Crippen molar-refractivity contribution in [3.8, 4) is 0 Å². The average molecular weight is 593 g/mol. The van der Waals surface area contributed by atoms with Gasteiger partial charge in [-0.05, 0) is 18.6 Å². The molecular weight excluding hydrogens is 566 g/mol. The molecule has 17 nitrogen and oxygen atoms in total. The lowest BCUT2D eigenvalue weighted by Gasteiger charge is -2.27. The van der Waals surface area contributed by atoms with E-state index in [4.69, 9.17) is 29.5 Å². The monoisotopic (exact) mass is 593 g/mol. The van der Waals surface area contributed by atoms with Crippen LogP contribution in [0.2, 0.25) is 0 Å². The topological polar surface area (TPSA) is 241 Å². The van der Waals surface area contributed by atoms with Crippen molar-refractivity contribution in [2.75, 3.05) is 26.3 Å². The Morgan fingerprint density at radius 3 is 2.12 bits per heavy atom. The number of benzene rings is 1. The number of aromatic nitrogens is 2. The number of carbonyl (C=O) groups excluding carboxylic acids is 2. The third-order valence-electron chi connectivity index (χ3n) is 5.97. The number of carboxylic acid groups (broad SMARTS) is 3. The highest BCUT2D eigenvalue weighted by Gasteiger charge is 2.50. The predicted octanol–water partition coefficient (Wildman–Crippen LogP) is -1.19. The Bertz CT molecular complexity index is 1420. The van der Waals surface area contributed by atoms with Gasteiger partial charge in [0.1, 0.15) is 25.3 Å². The van der Waals surface area contributed by atoms with Crippen LogP contribution in [0.25, 0.3) is 0 Å². The fourth-order valence-corrected chi connectivity index (χ4v) is 4.13. The highest BCUT2D eigenvalue weighted by Crippen LogP contribution is 2.33. The summed E-state index contributed by atoms with van der Waals surface area (Å²) in [5.74, 6) is -5.21. The Hall–Kier alpha value is -4.87. The minimum Gasteiger partial charge on any atom is -0.481 e. The molecule has 42 heavy (non-hydrogen) atoms. The van der Waals surface area contributed by atoms with Crippen LogP contribution in [0.5, 0.6) is 0 Å². The number of aliphatic hydroxyl groups excluding tert-OH is 1. The Labute approximate surface area is 235 Å². The molecule has 17 heteroatoms. The van der Waals surface area contributed by atoms with Gasteiger partial charge in [-0.15, -0.1) is 0 Å². The largest absolute Gasteiger partial charge is 0.481 e. The first kappa shape index (κ1) is 31.7. The molecule has 4 atom stereocenters. The summed E-state index contributed by atoms with van der Waals surface area (Å²) in [7, 11) is 0. The van der Waals surface area contributed by atoms with Crippen molar-refractivity contribution in [2.24, 2.45) is 0 Å². The van der Waals surface area contributed by atoms with Crippen LogP contribution in [-0.4, -0.2) is 109 Å². The van der Waals surface area contributed by atoms with Crippen LogP contribution >= 0.6 is 0 Å². The molecule has 0 unspecified atom stereocenters. The van der Waals surface area contributed by atoms with Crippen molar-refractivity contribution in [3.63, 3.8) is 0 Å². The highest BCUT2D eigenvalue weighted by atomic mass is 16.6. The van der Waals surface area contributed by atoms with Crippen LogP contribution in [0, 0.1) is 0 Å². The summed E-state index contributed by atoms with van der Waals surface area (Å²) in [6, 6.07) is 8.30. The average Bonchev–Trinajstić information content (AvgIpc) is 3.27. The van der Waals surface area contributed by atoms with Gasteiger partial charge in [-0.3, -0.25) is 33.4 Å². The van der Waals surface area contributed by atoms with Gasteiger partial charge < -0.3 is 34.6 Å². The van der Waals surface area contributed by atoms with Crippen LogP contribution in [-0.2, 0) is 28.6 Å². The van der Waals surface area contributed by atoms with Gasteiger partial charge in [0.15, 0.2) is 12.3 Å². The minimum absolute atomic E-state index is 0.0141. The number of hydrogen-bond acceptors (Lipinski definition) is 11. The summed E-state index contributed by atoms with van der Waals surface area (Å²) < 4.78 is 17.9. The predicted molar refractivity (Wildman–Crippen MR) is 136 cm³/mol. The maximum atomic E-state index is 13.4. The smallest absolute Gasteiger partial charge is 0.411 e. The Morgan fingerprint density at radius 1 is 0.905 bits per heavy atom. The minimum atomic E-state index is -1.58. The van der Waals surface area contributed by atoms with E-state index in [0.717, 1.165) is 16.8 Å². The van der Waals surface area contributed by atoms with E-state index in [1.807, 2.05) is 0 Å². The molecule has 0 aliphatic carbocycles. The van der Waals surface area contributed by atoms with E-state index in [9.17, 15) is 38.7 Å². The first-order valence-corrected chi connectivity index (χ1v) is 12.4. The number of hydrogen-bond donors (Lipinski definition) is 4. The molecule has 0 bridgehead atoms. The molecule has 1 saturated heterocycles. The quantitative estimate of drug-likeness (QED) is 0.200. The standard InChI is InChI=1S/C25H27N3O14/c29-13-15-20(42-25(39)26(11-18(33)34)12-19(35)36)21(40-10-4-7-17(31)32)23(41-15)27-9-8-16(30)28(24(27)38)22(37)14-5-2-1-3-6-14/h1-3,5-6,8-9,15,20-21,23,29H,4,7,10-13H2,(H,31,32)(H,33,34)(H,35,36)/t15-,20-,21-,23-/m1/s1. The van der Waals surface area contributed by atoms with Crippen molar-refractivity contribution >= 4 is 29.9 Å². The fourth-order valence-electron chi connectivity index (χ4n) is 4.13. The number of nitrogens with zero attached hydrogens (tertiary/aromatic N) is 3. The molecule has 0 radical (unpaired) electrons. The molecule has 226 valence electrons. The van der Waals surface area contributed by atoms with E-state index < -0.39 is 85.4 Å². The number of amides is 1. The fraction of sp³-hybridized carbons (Fsp3) is 0.400. The van der Waals surface area contributed by atoms with Gasteiger partial charge in [0.05, 0.1) is 6.61 Å². The molecule has 0 saturated carbocycles. The van der Waals surface area contributed by atoms with Gasteiger partial charge in [-0.25, -0.2) is 9.59 Å². The van der Waals surface area contributed by atoms with Crippen molar-refractivity contribution in [1.82, 2.24) is 14.0 Å². The lowest BCUT2D eigenvalue weighted by atomic mass is 10.1. The van der Waals surface area contributed by atoms with Crippen molar-refractivity contribution in [2.45, 2.75) is 37.4 Å². The number of ether oxygens (including phenoxy) is 3. The van der Waals surface area contributed by atoms with E-state index in [-0.39, 0.29) is 25.0 Å². The lowest BCUT2D eigenvalue weighted by Crippen LogP contribution is -2.48. The van der Waals surface area contributed by atoms with Crippen molar-refractivity contribution < 1.29 is 58.6 Å². The molecule has 1 aliphatic rings. The molecule has 1 aromatic carbocycles. The normalized spacial score (nSPS) is 19.6. The number of carboxylic acids is 3. The second-order valence-electron chi connectivity index (χ2n) is 8.92. The molecule has 1 aliphatic heterocycles.